The summed E-state index contributed by atoms with van der Waals surface area (Å²) >= 11 is 0. The maximum atomic E-state index is 5.70. The number of hydrogen-bond donors (Lipinski definition) is 1. The van der Waals surface area contributed by atoms with Crippen LogP contribution in [0.5, 0.6) is 0 Å². The van der Waals surface area contributed by atoms with E-state index >= 15 is 0 Å². The summed E-state index contributed by atoms with van der Waals surface area (Å²) in [6, 6.07) is 4.04. The molecule has 0 unspecified atom stereocenters. The van der Waals surface area contributed by atoms with Crippen LogP contribution in [0.1, 0.15) is 37.7 Å². The van der Waals surface area contributed by atoms with Gasteiger partial charge < -0.3 is 19.4 Å². The van der Waals surface area contributed by atoms with Gasteiger partial charge in [-0.1, -0.05) is 6.92 Å². The second-order valence-electron chi connectivity index (χ2n) is 5.15. The van der Waals surface area contributed by atoms with Crippen molar-refractivity contribution in [3.63, 3.8) is 0 Å². The molecule has 1 fully saturated rings. The van der Waals surface area contributed by atoms with Gasteiger partial charge >= 0.3 is 0 Å². The maximum Gasteiger partial charge on any atom is 0.129 e. The molecule has 0 aromatic carbocycles. The summed E-state index contributed by atoms with van der Waals surface area (Å²) in [5.41, 5.74) is 0. The van der Waals surface area contributed by atoms with E-state index in [1.807, 2.05) is 12.1 Å². The first-order valence-electron chi connectivity index (χ1n) is 7.47. The molecular formula is C15H26N2O2. The Morgan fingerprint density at radius 2 is 2.05 bits per heavy atom. The number of ether oxygens (including phenoxy) is 1. The van der Waals surface area contributed by atoms with Gasteiger partial charge in [0.2, 0.25) is 0 Å². The van der Waals surface area contributed by atoms with E-state index in [1.54, 1.807) is 0 Å². The molecule has 0 spiro atoms. The van der Waals surface area contributed by atoms with Crippen LogP contribution >= 0.6 is 0 Å². The van der Waals surface area contributed by atoms with E-state index in [0.717, 1.165) is 44.2 Å². The van der Waals surface area contributed by atoms with E-state index in [1.165, 1.54) is 25.9 Å². The van der Waals surface area contributed by atoms with Crippen LogP contribution in [0.2, 0.25) is 0 Å². The number of likely N-dealkylation sites (tertiary alicyclic amines) is 1. The standard InChI is InChI=1S/C15H26N2O2/c1-2-7-16-12-14-5-6-15(19-14)13-18-11-10-17-8-3-4-9-17/h5-6,16H,2-4,7-13H2,1H3. The number of hydrogen-bond acceptors (Lipinski definition) is 4. The number of rotatable bonds is 9. The van der Waals surface area contributed by atoms with Crippen molar-refractivity contribution in [3.05, 3.63) is 23.7 Å². The SMILES string of the molecule is CCCNCc1ccc(COCCN2CCCC2)o1. The van der Waals surface area contributed by atoms with E-state index in [2.05, 4.69) is 17.1 Å². The van der Waals surface area contributed by atoms with Crippen molar-refractivity contribution in [2.75, 3.05) is 32.8 Å². The normalized spacial score (nSPS) is 16.3. The van der Waals surface area contributed by atoms with E-state index in [9.17, 15) is 0 Å². The van der Waals surface area contributed by atoms with Crippen LogP contribution in [0.4, 0.5) is 0 Å². The fourth-order valence-corrected chi connectivity index (χ4v) is 2.36. The molecule has 0 amide bonds. The highest BCUT2D eigenvalue weighted by molar-refractivity contribution is 5.06. The molecule has 19 heavy (non-hydrogen) atoms. The smallest absolute Gasteiger partial charge is 0.129 e. The molecule has 1 aromatic heterocycles. The Morgan fingerprint density at radius 1 is 1.26 bits per heavy atom. The van der Waals surface area contributed by atoms with Gasteiger partial charge in [0.15, 0.2) is 0 Å². The molecule has 0 radical (unpaired) electrons. The topological polar surface area (TPSA) is 37.6 Å². The second-order valence-corrected chi connectivity index (χ2v) is 5.15. The summed E-state index contributed by atoms with van der Waals surface area (Å²) in [5.74, 6) is 1.92. The first-order chi connectivity index (χ1) is 9.38. The zero-order chi connectivity index (χ0) is 13.3. The summed E-state index contributed by atoms with van der Waals surface area (Å²) < 4.78 is 11.4. The predicted molar refractivity (Wildman–Crippen MR) is 76.0 cm³/mol. The Morgan fingerprint density at radius 3 is 2.84 bits per heavy atom. The predicted octanol–water partition coefficient (Wildman–Crippen LogP) is 2.39. The lowest BCUT2D eigenvalue weighted by Crippen LogP contribution is -2.23. The fourth-order valence-electron chi connectivity index (χ4n) is 2.36. The van der Waals surface area contributed by atoms with Gasteiger partial charge in [-0.3, -0.25) is 0 Å². The molecule has 1 aliphatic heterocycles. The average molecular weight is 266 g/mol. The lowest BCUT2D eigenvalue weighted by Gasteiger charge is -2.13. The second kappa shape index (κ2) is 8.35. The largest absolute Gasteiger partial charge is 0.462 e. The van der Waals surface area contributed by atoms with Gasteiger partial charge in [-0.05, 0) is 51.0 Å². The van der Waals surface area contributed by atoms with Crippen LogP contribution in [0.15, 0.2) is 16.5 Å². The lowest BCUT2D eigenvalue weighted by atomic mass is 10.4. The molecule has 2 heterocycles. The molecule has 4 nitrogen and oxygen atoms in total. The molecule has 4 heteroatoms. The number of nitrogens with zero attached hydrogens (tertiary/aromatic N) is 1. The molecule has 1 aliphatic rings. The highest BCUT2D eigenvalue weighted by atomic mass is 16.5. The highest BCUT2D eigenvalue weighted by Gasteiger charge is 2.10. The third kappa shape index (κ3) is 5.35. The van der Waals surface area contributed by atoms with Gasteiger partial charge in [0.05, 0.1) is 13.2 Å². The van der Waals surface area contributed by atoms with Crippen molar-refractivity contribution < 1.29 is 9.15 Å². The van der Waals surface area contributed by atoms with Crippen LogP contribution in [0.25, 0.3) is 0 Å². The Labute approximate surface area is 116 Å². The average Bonchev–Trinajstić information content (AvgIpc) is 3.06. The summed E-state index contributed by atoms with van der Waals surface area (Å²) in [6.45, 7) is 8.89. The van der Waals surface area contributed by atoms with Gasteiger partial charge in [-0.15, -0.1) is 0 Å². The first kappa shape index (κ1) is 14.6. The minimum absolute atomic E-state index is 0.585. The molecule has 0 bridgehead atoms. The van der Waals surface area contributed by atoms with Gasteiger partial charge in [0.1, 0.15) is 18.1 Å². The fraction of sp³-hybridized carbons (Fsp3) is 0.733. The third-order valence-electron chi connectivity index (χ3n) is 3.44. The van der Waals surface area contributed by atoms with Crippen LogP contribution in [-0.4, -0.2) is 37.7 Å². The number of nitrogens with one attached hydrogen (secondary N) is 1. The first-order valence-corrected chi connectivity index (χ1v) is 7.47. The van der Waals surface area contributed by atoms with Gasteiger partial charge in [0, 0.05) is 6.54 Å². The molecule has 2 rings (SSSR count). The Hall–Kier alpha value is -0.840. The summed E-state index contributed by atoms with van der Waals surface area (Å²) in [4.78, 5) is 2.46. The molecule has 1 N–H and O–H groups in total. The van der Waals surface area contributed by atoms with Crippen LogP contribution < -0.4 is 5.32 Å². The summed E-state index contributed by atoms with van der Waals surface area (Å²) in [7, 11) is 0. The van der Waals surface area contributed by atoms with Crippen molar-refractivity contribution in [2.24, 2.45) is 0 Å². The Balaban J connectivity index is 1.57. The molecule has 0 saturated carbocycles. The monoisotopic (exact) mass is 266 g/mol. The minimum atomic E-state index is 0.585. The summed E-state index contributed by atoms with van der Waals surface area (Å²) in [5, 5.41) is 3.33. The van der Waals surface area contributed by atoms with Crippen molar-refractivity contribution >= 4 is 0 Å². The van der Waals surface area contributed by atoms with E-state index in [0.29, 0.717) is 6.61 Å². The zero-order valence-electron chi connectivity index (χ0n) is 12.0. The van der Waals surface area contributed by atoms with Crippen molar-refractivity contribution in [1.82, 2.24) is 10.2 Å². The molecular weight excluding hydrogens is 240 g/mol. The molecule has 0 atom stereocenters. The van der Waals surface area contributed by atoms with E-state index in [4.69, 9.17) is 9.15 Å². The highest BCUT2D eigenvalue weighted by Crippen LogP contribution is 2.10. The number of furan rings is 1. The molecule has 1 saturated heterocycles. The van der Waals surface area contributed by atoms with E-state index in [-0.39, 0.29) is 0 Å². The molecule has 108 valence electrons. The zero-order valence-corrected chi connectivity index (χ0v) is 12.0. The summed E-state index contributed by atoms with van der Waals surface area (Å²) in [6.07, 6.45) is 3.83. The van der Waals surface area contributed by atoms with Crippen molar-refractivity contribution in [2.45, 2.75) is 39.3 Å². The minimum Gasteiger partial charge on any atom is -0.462 e. The molecule has 0 aliphatic carbocycles. The van der Waals surface area contributed by atoms with Gasteiger partial charge in [-0.25, -0.2) is 0 Å². The Kier molecular flexibility index (Phi) is 6.41. The quantitative estimate of drug-likeness (QED) is 0.696. The van der Waals surface area contributed by atoms with Crippen molar-refractivity contribution in [1.29, 1.82) is 0 Å². The third-order valence-corrected chi connectivity index (χ3v) is 3.44. The Bertz CT molecular complexity index is 346. The maximum absolute atomic E-state index is 5.70. The van der Waals surface area contributed by atoms with E-state index < -0.39 is 0 Å². The van der Waals surface area contributed by atoms with Crippen LogP contribution in [0, 0.1) is 0 Å². The van der Waals surface area contributed by atoms with Gasteiger partial charge in [-0.2, -0.15) is 0 Å². The van der Waals surface area contributed by atoms with Crippen LogP contribution in [-0.2, 0) is 17.9 Å². The lowest BCUT2D eigenvalue weighted by molar-refractivity contribution is 0.0867. The van der Waals surface area contributed by atoms with Crippen LogP contribution in [0.3, 0.4) is 0 Å². The van der Waals surface area contributed by atoms with Crippen molar-refractivity contribution in [3.8, 4) is 0 Å². The van der Waals surface area contributed by atoms with Gasteiger partial charge in [0.25, 0.3) is 0 Å². The molecule has 1 aromatic rings.